The minimum Gasteiger partial charge on any atom is -0.356 e. The lowest BCUT2D eigenvalue weighted by Gasteiger charge is -2.10. The Kier molecular flexibility index (Phi) is 4.18. The van der Waals surface area contributed by atoms with E-state index in [1.807, 2.05) is 37.3 Å². The van der Waals surface area contributed by atoms with Gasteiger partial charge in [0.2, 0.25) is 5.91 Å². The van der Waals surface area contributed by atoms with Crippen LogP contribution in [0.2, 0.25) is 5.02 Å². The fourth-order valence-electron chi connectivity index (χ4n) is 2.26. The van der Waals surface area contributed by atoms with E-state index < -0.39 is 0 Å². The van der Waals surface area contributed by atoms with E-state index in [4.69, 9.17) is 16.1 Å². The summed E-state index contributed by atoms with van der Waals surface area (Å²) >= 11 is 9.55. The number of carbonyl (C=O) groups excluding carboxylic acids is 1. The number of halogens is 2. The van der Waals surface area contributed by atoms with Crippen molar-refractivity contribution in [2.45, 2.75) is 13.3 Å². The van der Waals surface area contributed by atoms with Crippen LogP contribution in [0.15, 0.2) is 45.4 Å². The summed E-state index contributed by atoms with van der Waals surface area (Å²) < 4.78 is 6.07. The van der Waals surface area contributed by atoms with E-state index >= 15 is 0 Å². The maximum atomic E-state index is 12.2. The zero-order chi connectivity index (χ0) is 15.7. The molecule has 6 heteroatoms. The Hall–Kier alpha value is -1.85. The molecule has 1 amide bonds. The number of fused-ring (bicyclic) bond motifs is 1. The monoisotopic (exact) mass is 378 g/mol. The zero-order valence-corrected chi connectivity index (χ0v) is 14.0. The Morgan fingerprint density at radius 2 is 2.14 bits per heavy atom. The first-order valence-corrected chi connectivity index (χ1v) is 7.80. The van der Waals surface area contributed by atoms with Gasteiger partial charge in [0.05, 0.1) is 17.1 Å². The van der Waals surface area contributed by atoms with Gasteiger partial charge in [0.1, 0.15) is 5.69 Å². The number of hydrogen-bond acceptors (Lipinski definition) is 3. The molecule has 22 heavy (non-hydrogen) atoms. The Balaban J connectivity index is 1.81. The summed E-state index contributed by atoms with van der Waals surface area (Å²) in [6.45, 7) is 1.89. The molecule has 0 aliphatic rings. The molecule has 0 aliphatic carbocycles. The number of nitrogens with one attached hydrogen (secondary N) is 1. The lowest BCUT2D eigenvalue weighted by molar-refractivity contribution is -0.115. The van der Waals surface area contributed by atoms with E-state index in [1.165, 1.54) is 0 Å². The normalized spacial score (nSPS) is 10.9. The number of aryl methyl sites for hydroxylation is 1. The van der Waals surface area contributed by atoms with Gasteiger partial charge < -0.3 is 9.84 Å². The van der Waals surface area contributed by atoms with E-state index in [9.17, 15) is 4.79 Å². The standard InChI is InChI=1S/C16H12BrClN2O2/c1-9-6-10(17)7-12(18)16(9)19-15(21)8-13-11-4-2-3-5-14(11)22-20-13/h2-7H,8H2,1H3,(H,19,21). The fraction of sp³-hybridized carbons (Fsp3) is 0.125. The number of aromatic nitrogens is 1. The van der Waals surface area contributed by atoms with Crippen LogP contribution in [0.1, 0.15) is 11.3 Å². The molecule has 0 aliphatic heterocycles. The number of amides is 1. The Bertz CT molecular complexity index is 837. The maximum absolute atomic E-state index is 12.2. The average molecular weight is 380 g/mol. The molecule has 0 atom stereocenters. The number of para-hydroxylation sites is 1. The molecule has 3 rings (SSSR count). The quantitative estimate of drug-likeness (QED) is 0.715. The number of nitrogens with zero attached hydrogens (tertiary/aromatic N) is 1. The summed E-state index contributed by atoms with van der Waals surface area (Å²) in [5, 5.41) is 8.13. The van der Waals surface area contributed by atoms with Gasteiger partial charge in [-0.1, -0.05) is 44.8 Å². The molecule has 2 aromatic carbocycles. The van der Waals surface area contributed by atoms with Crippen molar-refractivity contribution < 1.29 is 9.32 Å². The molecule has 0 radical (unpaired) electrons. The van der Waals surface area contributed by atoms with Crippen molar-refractivity contribution in [1.29, 1.82) is 0 Å². The van der Waals surface area contributed by atoms with Gasteiger partial charge in [-0.2, -0.15) is 0 Å². The van der Waals surface area contributed by atoms with Gasteiger partial charge >= 0.3 is 0 Å². The van der Waals surface area contributed by atoms with Gasteiger partial charge in [0.25, 0.3) is 0 Å². The van der Waals surface area contributed by atoms with Crippen molar-refractivity contribution in [2.75, 3.05) is 5.32 Å². The highest BCUT2D eigenvalue weighted by Gasteiger charge is 2.14. The molecular formula is C16H12BrClN2O2. The van der Waals surface area contributed by atoms with Crippen LogP contribution in [0.5, 0.6) is 0 Å². The number of carbonyl (C=O) groups is 1. The van der Waals surface area contributed by atoms with E-state index in [0.717, 1.165) is 15.4 Å². The van der Waals surface area contributed by atoms with Gasteiger partial charge in [-0.15, -0.1) is 0 Å². The molecule has 0 saturated heterocycles. The number of anilines is 1. The van der Waals surface area contributed by atoms with Crippen molar-refractivity contribution in [1.82, 2.24) is 5.16 Å². The minimum absolute atomic E-state index is 0.128. The summed E-state index contributed by atoms with van der Waals surface area (Å²) in [4.78, 5) is 12.2. The van der Waals surface area contributed by atoms with Crippen molar-refractivity contribution in [3.8, 4) is 0 Å². The van der Waals surface area contributed by atoms with E-state index in [1.54, 1.807) is 6.07 Å². The Labute approximate surface area is 140 Å². The molecule has 1 heterocycles. The molecule has 0 spiro atoms. The van der Waals surface area contributed by atoms with Gasteiger partial charge in [0.15, 0.2) is 5.58 Å². The van der Waals surface area contributed by atoms with Gasteiger partial charge in [-0.05, 0) is 36.8 Å². The zero-order valence-electron chi connectivity index (χ0n) is 11.7. The highest BCUT2D eigenvalue weighted by molar-refractivity contribution is 9.10. The Morgan fingerprint density at radius 1 is 1.36 bits per heavy atom. The molecule has 0 fully saturated rings. The molecule has 0 saturated carbocycles. The third-order valence-electron chi connectivity index (χ3n) is 3.30. The third kappa shape index (κ3) is 3.00. The molecule has 112 valence electrons. The number of hydrogen-bond donors (Lipinski definition) is 1. The summed E-state index contributed by atoms with van der Waals surface area (Å²) in [5.74, 6) is -0.189. The van der Waals surface area contributed by atoms with Crippen LogP contribution in [0.3, 0.4) is 0 Å². The van der Waals surface area contributed by atoms with Crippen molar-refractivity contribution in [3.63, 3.8) is 0 Å². The first-order valence-electron chi connectivity index (χ1n) is 6.63. The second-order valence-electron chi connectivity index (χ2n) is 4.93. The van der Waals surface area contributed by atoms with Crippen molar-refractivity contribution in [2.24, 2.45) is 0 Å². The smallest absolute Gasteiger partial charge is 0.230 e. The van der Waals surface area contributed by atoms with Crippen molar-refractivity contribution in [3.05, 3.63) is 57.2 Å². The molecule has 0 unspecified atom stereocenters. The maximum Gasteiger partial charge on any atom is 0.230 e. The molecule has 4 nitrogen and oxygen atoms in total. The summed E-state index contributed by atoms with van der Waals surface area (Å²) in [5.41, 5.74) is 2.78. The lowest BCUT2D eigenvalue weighted by atomic mass is 10.1. The molecule has 3 aromatic rings. The second kappa shape index (κ2) is 6.10. The van der Waals surface area contributed by atoms with Crippen LogP contribution in [-0.2, 0) is 11.2 Å². The van der Waals surface area contributed by atoms with E-state index in [-0.39, 0.29) is 12.3 Å². The highest BCUT2D eigenvalue weighted by atomic mass is 79.9. The Morgan fingerprint density at radius 3 is 2.91 bits per heavy atom. The molecule has 1 N–H and O–H groups in total. The topological polar surface area (TPSA) is 55.1 Å². The van der Waals surface area contributed by atoms with Crippen LogP contribution < -0.4 is 5.32 Å². The fourth-order valence-corrected chi connectivity index (χ4v) is 3.28. The minimum atomic E-state index is -0.189. The predicted molar refractivity (Wildman–Crippen MR) is 90.2 cm³/mol. The predicted octanol–water partition coefficient (Wildman–Crippen LogP) is 4.73. The first-order chi connectivity index (χ1) is 10.5. The largest absolute Gasteiger partial charge is 0.356 e. The van der Waals surface area contributed by atoms with Crippen LogP contribution >= 0.6 is 27.5 Å². The van der Waals surface area contributed by atoms with Crippen LogP contribution in [0.25, 0.3) is 11.0 Å². The summed E-state index contributed by atoms with van der Waals surface area (Å²) in [6.07, 6.45) is 0.128. The second-order valence-corrected chi connectivity index (χ2v) is 6.25. The van der Waals surface area contributed by atoms with Gasteiger partial charge in [0, 0.05) is 9.86 Å². The average Bonchev–Trinajstić information content (AvgIpc) is 2.86. The van der Waals surface area contributed by atoms with Crippen LogP contribution in [0.4, 0.5) is 5.69 Å². The molecule has 1 aromatic heterocycles. The lowest BCUT2D eigenvalue weighted by Crippen LogP contribution is -2.15. The first kappa shape index (κ1) is 15.1. The molecular weight excluding hydrogens is 368 g/mol. The van der Waals surface area contributed by atoms with Gasteiger partial charge in [-0.25, -0.2) is 0 Å². The van der Waals surface area contributed by atoms with Crippen LogP contribution in [0, 0.1) is 6.92 Å². The van der Waals surface area contributed by atoms with Gasteiger partial charge in [-0.3, -0.25) is 4.79 Å². The van der Waals surface area contributed by atoms with Crippen LogP contribution in [-0.4, -0.2) is 11.1 Å². The van der Waals surface area contributed by atoms with E-state index in [2.05, 4.69) is 26.4 Å². The third-order valence-corrected chi connectivity index (χ3v) is 4.05. The summed E-state index contributed by atoms with van der Waals surface area (Å²) in [7, 11) is 0. The highest BCUT2D eigenvalue weighted by Crippen LogP contribution is 2.30. The SMILES string of the molecule is Cc1cc(Br)cc(Cl)c1NC(=O)Cc1noc2ccccc12. The summed E-state index contributed by atoms with van der Waals surface area (Å²) in [6, 6.07) is 11.1. The van der Waals surface area contributed by atoms with E-state index in [0.29, 0.717) is 22.0 Å². The number of rotatable bonds is 3. The number of benzene rings is 2. The van der Waals surface area contributed by atoms with Crippen molar-refractivity contribution >= 4 is 50.1 Å². The molecule has 0 bridgehead atoms.